The van der Waals surface area contributed by atoms with Crippen LogP contribution in [-0.2, 0) is 29.9 Å². The van der Waals surface area contributed by atoms with Crippen molar-refractivity contribution in [3.63, 3.8) is 0 Å². The zero-order chi connectivity index (χ0) is 23.9. The Morgan fingerprint density at radius 3 is 2.65 bits per heavy atom. The Balaban J connectivity index is 1.34. The van der Waals surface area contributed by atoms with Gasteiger partial charge in [0.1, 0.15) is 18.2 Å². The molecule has 1 aromatic carbocycles. The van der Waals surface area contributed by atoms with E-state index in [4.69, 9.17) is 18.3 Å². The van der Waals surface area contributed by atoms with Crippen LogP contribution >= 0.6 is 7.82 Å². The Bertz CT molecular complexity index is 1380. The zero-order valence-electron chi connectivity index (χ0n) is 17.0. The number of pyridine rings is 1. The normalized spacial score (nSPS) is 30.1. The lowest BCUT2D eigenvalue weighted by Gasteiger charge is -2.39. The first-order valence-electron chi connectivity index (χ1n) is 9.70. The molecule has 176 valence electrons. The summed E-state index contributed by atoms with van der Waals surface area (Å²) in [5.41, 5.74) is 0.842. The molecule has 0 saturated carbocycles. The maximum absolute atomic E-state index is 15.1. The molecule has 0 radical (unpaired) electrons. The van der Waals surface area contributed by atoms with Gasteiger partial charge in [-0.25, -0.2) is 36.6 Å². The molecule has 16 heteroatoms. The second kappa shape index (κ2) is 6.84. The van der Waals surface area contributed by atoms with Gasteiger partial charge in [-0.1, -0.05) is 6.07 Å². The number of rotatable bonds is 5. The van der Waals surface area contributed by atoms with E-state index in [1.165, 1.54) is 23.1 Å². The van der Waals surface area contributed by atoms with E-state index in [9.17, 15) is 18.9 Å². The third-order valence-corrected chi connectivity index (χ3v) is 6.92. The molecule has 2 atom stereocenters. The van der Waals surface area contributed by atoms with Crippen LogP contribution in [0.3, 0.4) is 0 Å². The van der Waals surface area contributed by atoms with Gasteiger partial charge in [0.2, 0.25) is 5.82 Å². The van der Waals surface area contributed by atoms with Crippen molar-refractivity contribution in [2.75, 3.05) is 11.6 Å². The summed E-state index contributed by atoms with van der Waals surface area (Å²) in [6, 6.07) is 6.84. The fraction of sp³-hybridized carbons (Fsp3) is 0.278. The third kappa shape index (κ3) is 2.66. The lowest BCUT2D eigenvalue weighted by Crippen LogP contribution is -2.64. The summed E-state index contributed by atoms with van der Waals surface area (Å²) in [5, 5.41) is 21.7. The average Bonchev–Trinajstić information content (AvgIpc) is 3.46. The van der Waals surface area contributed by atoms with E-state index < -0.39 is 44.2 Å². The van der Waals surface area contributed by atoms with Gasteiger partial charge in [-0.2, -0.15) is 4.80 Å². The molecule has 1 amide bonds. The monoisotopic (exact) mass is 494 g/mol. The number of aryl methyl sites for hydroxylation is 1. The number of nitrogens with zero attached hydrogens (tertiary/aromatic N) is 6. The number of aliphatic hydroxyl groups excluding tert-OH is 1. The Hall–Kier alpha value is -3.36. The highest BCUT2D eigenvalue weighted by Gasteiger charge is 2.91. The predicted molar refractivity (Wildman–Crippen MR) is 105 cm³/mol. The molecule has 6 heterocycles. The molecule has 4 fully saturated rings. The van der Waals surface area contributed by atoms with Crippen molar-refractivity contribution < 1.29 is 41.6 Å². The summed E-state index contributed by atoms with van der Waals surface area (Å²) in [4.78, 5) is 18.7. The minimum Gasteiger partial charge on any atom is -0.404 e. The topological polar surface area (TPSA) is 151 Å². The number of aromatic nitrogens is 5. The molecular weight excluding hydrogens is 481 g/mol. The van der Waals surface area contributed by atoms with E-state index in [1.807, 2.05) is 0 Å². The van der Waals surface area contributed by atoms with Gasteiger partial charge in [-0.3, -0.25) is 4.98 Å². The van der Waals surface area contributed by atoms with Crippen LogP contribution in [0.1, 0.15) is 0 Å². The molecule has 34 heavy (non-hydrogen) atoms. The minimum atomic E-state index is -4.16. The lowest BCUT2D eigenvalue weighted by atomic mass is 10.0. The van der Waals surface area contributed by atoms with Crippen LogP contribution in [0.25, 0.3) is 22.6 Å². The molecule has 3 aromatic rings. The van der Waals surface area contributed by atoms with E-state index in [1.54, 1.807) is 19.2 Å². The summed E-state index contributed by atoms with van der Waals surface area (Å²) in [6.45, 7) is -1.42. The van der Waals surface area contributed by atoms with Gasteiger partial charge in [-0.15, -0.1) is 10.2 Å². The number of halogens is 2. The van der Waals surface area contributed by atoms with Crippen LogP contribution in [-0.4, -0.2) is 60.9 Å². The second-order valence-corrected chi connectivity index (χ2v) is 8.98. The van der Waals surface area contributed by atoms with Crippen molar-refractivity contribution >= 4 is 19.6 Å². The molecule has 4 saturated heterocycles. The Morgan fingerprint density at radius 2 is 2.03 bits per heavy atom. The fourth-order valence-electron chi connectivity index (χ4n) is 3.98. The Labute approximate surface area is 188 Å². The van der Waals surface area contributed by atoms with Gasteiger partial charge < -0.3 is 9.84 Å². The summed E-state index contributed by atoms with van der Waals surface area (Å²) >= 11 is 0. The fourth-order valence-corrected chi connectivity index (χ4v) is 5.70. The van der Waals surface area contributed by atoms with Crippen molar-refractivity contribution in [3.05, 3.63) is 42.3 Å². The van der Waals surface area contributed by atoms with Gasteiger partial charge in [-0.05, 0) is 29.5 Å². The summed E-state index contributed by atoms with van der Waals surface area (Å²) < 4.78 is 60.9. The number of phosphoric acid groups is 1. The zero-order valence-corrected chi connectivity index (χ0v) is 17.9. The highest BCUT2D eigenvalue weighted by atomic mass is 31.2. The Kier molecular flexibility index (Phi) is 4.26. The number of benzene rings is 1. The number of alkyl halides is 1. The van der Waals surface area contributed by atoms with Crippen LogP contribution in [0, 0.1) is 5.82 Å². The van der Waals surface area contributed by atoms with Crippen LogP contribution in [0.2, 0.25) is 0 Å². The molecular formula is C18H13F2N6O7P. The van der Waals surface area contributed by atoms with E-state index in [2.05, 4.69) is 20.4 Å². The van der Waals surface area contributed by atoms with Gasteiger partial charge in [0, 0.05) is 17.3 Å². The number of hydrogen-bond acceptors (Lipinski definition) is 11. The first-order valence-corrected chi connectivity index (χ1v) is 11.2. The number of phosphoric ester groups is 1. The highest BCUT2D eigenvalue weighted by Crippen LogP contribution is 2.81. The maximum Gasteiger partial charge on any atom is 0.486 e. The smallest absolute Gasteiger partial charge is 0.404 e. The van der Waals surface area contributed by atoms with Crippen molar-refractivity contribution in [3.8, 4) is 22.6 Å². The van der Waals surface area contributed by atoms with Crippen LogP contribution < -0.4 is 4.90 Å². The van der Waals surface area contributed by atoms with Crippen LogP contribution in [0.15, 0.2) is 36.5 Å². The van der Waals surface area contributed by atoms with Gasteiger partial charge in [0.25, 0.3) is 0 Å². The number of carbonyl (C=O) groups excluding carboxylic acids is 1. The molecule has 7 rings (SSSR count). The molecule has 13 nitrogen and oxygen atoms in total. The maximum atomic E-state index is 15.1. The lowest BCUT2D eigenvalue weighted by molar-refractivity contribution is -0.282. The molecule has 0 unspecified atom stereocenters. The van der Waals surface area contributed by atoms with Crippen molar-refractivity contribution in [2.45, 2.75) is 17.8 Å². The predicted octanol–water partition coefficient (Wildman–Crippen LogP) is 1.90. The van der Waals surface area contributed by atoms with Gasteiger partial charge in [0.05, 0.1) is 12.7 Å². The first kappa shape index (κ1) is 21.2. The molecule has 2 aromatic heterocycles. The Morgan fingerprint density at radius 1 is 1.24 bits per heavy atom. The van der Waals surface area contributed by atoms with E-state index in [0.717, 1.165) is 6.07 Å². The first-order chi connectivity index (χ1) is 16.2. The summed E-state index contributed by atoms with van der Waals surface area (Å²) in [5.74, 6) is -5.37. The van der Waals surface area contributed by atoms with Crippen molar-refractivity contribution in [1.29, 1.82) is 0 Å². The number of amides is 1. The van der Waals surface area contributed by atoms with Gasteiger partial charge in [0.15, 0.2) is 6.10 Å². The number of tetrazole rings is 1. The van der Waals surface area contributed by atoms with E-state index >= 15 is 4.39 Å². The SMILES string of the molecule is Cn1nnc(-c2ccc(-c3ccc(N4C(=O)O[C@@]5([C@H](O)CF)OP6(=O)OC45O6)cc3F)cn2)n1. The molecule has 0 aliphatic carbocycles. The number of hydrogen-bond donors (Lipinski definition) is 1. The van der Waals surface area contributed by atoms with Gasteiger partial charge >= 0.3 is 25.6 Å². The number of carbonyl (C=O) groups is 1. The second-order valence-electron chi connectivity index (χ2n) is 7.54. The third-order valence-electron chi connectivity index (χ3n) is 5.48. The summed E-state index contributed by atoms with van der Waals surface area (Å²) in [6.07, 6.45) is -1.85. The number of ether oxygens (including phenoxy) is 1. The molecule has 1 N–H and O–H groups in total. The highest BCUT2D eigenvalue weighted by molar-refractivity contribution is 7.50. The molecule has 2 bridgehead atoms. The van der Waals surface area contributed by atoms with E-state index in [-0.39, 0.29) is 11.3 Å². The molecule has 4 aliphatic heterocycles. The van der Waals surface area contributed by atoms with Crippen LogP contribution in [0.5, 0.6) is 0 Å². The number of aliphatic hydroxyl groups is 1. The minimum absolute atomic E-state index is 0.135. The van der Waals surface area contributed by atoms with Crippen LogP contribution in [0.4, 0.5) is 19.3 Å². The average molecular weight is 494 g/mol. The molecule has 4 aliphatic rings. The van der Waals surface area contributed by atoms with E-state index in [0.29, 0.717) is 22.0 Å². The standard InChI is InChI=1S/C18H13F2N6O7P/c1-25-23-15(22-24-25)13-5-2-9(8-21-13)11-4-3-10(6-12(11)20)26-16(28)30-17(14(27)7-19)18(26)32-34(29,31-17)33-18/h2-6,8,14,27H,7H2,1H3/t14-,17+,18?,34?/m1/s1. The largest absolute Gasteiger partial charge is 0.486 e. The van der Waals surface area contributed by atoms with Crippen molar-refractivity contribution in [2.24, 2.45) is 7.05 Å². The molecule has 1 spiro atoms. The van der Waals surface area contributed by atoms with Crippen molar-refractivity contribution in [1.82, 2.24) is 25.2 Å². The summed E-state index contributed by atoms with van der Waals surface area (Å²) in [7, 11) is -2.56. The quantitative estimate of drug-likeness (QED) is 0.518. The number of anilines is 1.